The summed E-state index contributed by atoms with van der Waals surface area (Å²) in [7, 11) is 0. The summed E-state index contributed by atoms with van der Waals surface area (Å²) in [5.74, 6) is 1.73. The van der Waals surface area contributed by atoms with Crippen molar-refractivity contribution in [2.24, 2.45) is 0 Å². The molecule has 1 saturated heterocycles. The van der Waals surface area contributed by atoms with Crippen LogP contribution in [0, 0.1) is 0 Å². The van der Waals surface area contributed by atoms with Crippen LogP contribution in [0.5, 0.6) is 11.5 Å². The van der Waals surface area contributed by atoms with E-state index >= 15 is 0 Å². The first-order valence-electron chi connectivity index (χ1n) is 5.74. The van der Waals surface area contributed by atoms with Crippen LogP contribution in [0.3, 0.4) is 0 Å². The highest BCUT2D eigenvalue weighted by Gasteiger charge is 2.16. The first kappa shape index (κ1) is 9.93. The van der Waals surface area contributed by atoms with Gasteiger partial charge in [-0.15, -0.1) is 0 Å². The molecule has 0 bridgehead atoms. The summed E-state index contributed by atoms with van der Waals surface area (Å²) >= 11 is 0. The van der Waals surface area contributed by atoms with Crippen LogP contribution >= 0.6 is 0 Å². The molecule has 2 aliphatic heterocycles. The second-order valence-electron chi connectivity index (χ2n) is 4.21. The Kier molecular flexibility index (Phi) is 2.68. The zero-order valence-corrected chi connectivity index (χ0v) is 9.16. The molecule has 4 heteroatoms. The number of rotatable bonds is 3. The average molecular weight is 220 g/mol. The van der Waals surface area contributed by atoms with Gasteiger partial charge in [0.25, 0.3) is 0 Å². The van der Waals surface area contributed by atoms with E-state index in [0.29, 0.717) is 19.3 Å². The number of hydrogen-bond acceptors (Lipinski definition) is 4. The fourth-order valence-electron chi connectivity index (χ4n) is 1.89. The molecule has 0 aliphatic carbocycles. The Hall–Kier alpha value is -1.26. The third kappa shape index (κ3) is 1.99. The van der Waals surface area contributed by atoms with Crippen molar-refractivity contribution in [1.82, 2.24) is 10.6 Å². The van der Waals surface area contributed by atoms with Gasteiger partial charge in [-0.1, -0.05) is 6.07 Å². The van der Waals surface area contributed by atoms with Crippen LogP contribution in [-0.4, -0.2) is 32.3 Å². The Labute approximate surface area is 94.9 Å². The molecule has 2 aliphatic rings. The molecule has 3 rings (SSSR count). The van der Waals surface area contributed by atoms with Crippen molar-refractivity contribution >= 4 is 0 Å². The molecular weight excluding hydrogens is 204 g/mol. The van der Waals surface area contributed by atoms with E-state index in [1.165, 1.54) is 5.56 Å². The monoisotopic (exact) mass is 220 g/mol. The zero-order valence-electron chi connectivity index (χ0n) is 9.16. The summed E-state index contributed by atoms with van der Waals surface area (Å²) in [5.41, 5.74) is 1.25. The van der Waals surface area contributed by atoms with Crippen molar-refractivity contribution in [2.75, 3.05) is 26.3 Å². The SMILES string of the molecule is c1cc2c(cc1CNC1CNC1)OCCO2. The maximum Gasteiger partial charge on any atom is 0.161 e. The molecule has 2 heterocycles. The van der Waals surface area contributed by atoms with E-state index in [2.05, 4.69) is 22.8 Å². The molecule has 0 saturated carbocycles. The molecule has 1 fully saturated rings. The number of benzene rings is 1. The molecule has 4 nitrogen and oxygen atoms in total. The number of hydrogen-bond donors (Lipinski definition) is 2. The summed E-state index contributed by atoms with van der Waals surface area (Å²) in [4.78, 5) is 0. The molecule has 0 atom stereocenters. The van der Waals surface area contributed by atoms with Crippen LogP contribution in [0.2, 0.25) is 0 Å². The van der Waals surface area contributed by atoms with Crippen molar-refractivity contribution in [2.45, 2.75) is 12.6 Å². The summed E-state index contributed by atoms with van der Waals surface area (Å²) in [6, 6.07) is 6.76. The van der Waals surface area contributed by atoms with Crippen molar-refractivity contribution in [3.8, 4) is 11.5 Å². The topological polar surface area (TPSA) is 42.5 Å². The predicted molar refractivity (Wildman–Crippen MR) is 60.9 cm³/mol. The van der Waals surface area contributed by atoms with Crippen LogP contribution in [0.1, 0.15) is 5.56 Å². The maximum absolute atomic E-state index is 5.55. The highest BCUT2D eigenvalue weighted by Crippen LogP contribution is 2.30. The Bertz CT molecular complexity index is 377. The van der Waals surface area contributed by atoms with Gasteiger partial charge >= 0.3 is 0 Å². The van der Waals surface area contributed by atoms with E-state index in [-0.39, 0.29) is 0 Å². The first-order chi connectivity index (χ1) is 7.92. The third-order valence-electron chi connectivity index (χ3n) is 2.98. The van der Waals surface area contributed by atoms with Crippen LogP contribution < -0.4 is 20.1 Å². The van der Waals surface area contributed by atoms with Gasteiger partial charge in [0.15, 0.2) is 11.5 Å². The number of fused-ring (bicyclic) bond motifs is 1. The summed E-state index contributed by atoms with van der Waals surface area (Å²) in [6.07, 6.45) is 0. The summed E-state index contributed by atoms with van der Waals surface area (Å²) in [5, 5.41) is 6.72. The maximum atomic E-state index is 5.55. The molecule has 0 unspecified atom stereocenters. The van der Waals surface area contributed by atoms with Gasteiger partial charge in [-0.3, -0.25) is 0 Å². The number of ether oxygens (including phenoxy) is 2. The van der Waals surface area contributed by atoms with Crippen molar-refractivity contribution in [3.05, 3.63) is 23.8 Å². The molecule has 2 N–H and O–H groups in total. The van der Waals surface area contributed by atoms with E-state index in [1.807, 2.05) is 6.07 Å². The lowest BCUT2D eigenvalue weighted by Crippen LogP contribution is -2.54. The summed E-state index contributed by atoms with van der Waals surface area (Å²) in [6.45, 7) is 4.34. The second kappa shape index (κ2) is 4.31. The Morgan fingerprint density at radius 1 is 1.19 bits per heavy atom. The quantitative estimate of drug-likeness (QED) is 0.779. The van der Waals surface area contributed by atoms with Gasteiger partial charge in [-0.25, -0.2) is 0 Å². The molecule has 1 aromatic rings. The molecule has 0 aromatic heterocycles. The predicted octanol–water partition coefficient (Wildman–Crippen LogP) is 0.519. The Morgan fingerprint density at radius 2 is 2.00 bits per heavy atom. The standard InChI is InChI=1S/C12H16N2O2/c1-2-11-12(16-4-3-15-11)5-9(1)6-14-10-7-13-8-10/h1-2,5,10,13-14H,3-4,6-8H2. The fourth-order valence-corrected chi connectivity index (χ4v) is 1.89. The van der Waals surface area contributed by atoms with Crippen molar-refractivity contribution in [3.63, 3.8) is 0 Å². The van der Waals surface area contributed by atoms with Crippen molar-refractivity contribution < 1.29 is 9.47 Å². The highest BCUT2D eigenvalue weighted by molar-refractivity contribution is 5.43. The molecule has 86 valence electrons. The second-order valence-corrected chi connectivity index (χ2v) is 4.21. The average Bonchev–Trinajstić information content (AvgIpc) is 2.27. The van der Waals surface area contributed by atoms with E-state index in [1.54, 1.807) is 0 Å². The highest BCUT2D eigenvalue weighted by atomic mass is 16.6. The van der Waals surface area contributed by atoms with Crippen molar-refractivity contribution in [1.29, 1.82) is 0 Å². The summed E-state index contributed by atoms with van der Waals surface area (Å²) < 4.78 is 11.0. The lowest BCUT2D eigenvalue weighted by molar-refractivity contribution is 0.171. The minimum absolute atomic E-state index is 0.619. The molecule has 0 amide bonds. The Morgan fingerprint density at radius 3 is 2.75 bits per heavy atom. The minimum Gasteiger partial charge on any atom is -0.486 e. The van der Waals surface area contributed by atoms with Gasteiger partial charge in [-0.05, 0) is 17.7 Å². The largest absolute Gasteiger partial charge is 0.486 e. The van der Waals surface area contributed by atoms with Gasteiger partial charge in [0, 0.05) is 25.7 Å². The van der Waals surface area contributed by atoms with Crippen LogP contribution in [0.4, 0.5) is 0 Å². The lowest BCUT2D eigenvalue weighted by atomic mass is 10.1. The van der Waals surface area contributed by atoms with E-state index < -0.39 is 0 Å². The minimum atomic E-state index is 0.619. The van der Waals surface area contributed by atoms with Gasteiger partial charge in [0.05, 0.1) is 0 Å². The Balaban J connectivity index is 1.65. The van der Waals surface area contributed by atoms with Gasteiger partial charge in [-0.2, -0.15) is 0 Å². The molecule has 0 spiro atoms. The third-order valence-corrected chi connectivity index (χ3v) is 2.98. The smallest absolute Gasteiger partial charge is 0.161 e. The molecular formula is C12H16N2O2. The molecule has 0 radical (unpaired) electrons. The fraction of sp³-hybridized carbons (Fsp3) is 0.500. The van der Waals surface area contributed by atoms with Crippen LogP contribution in [0.15, 0.2) is 18.2 Å². The zero-order chi connectivity index (χ0) is 10.8. The van der Waals surface area contributed by atoms with Gasteiger partial charge in [0.1, 0.15) is 13.2 Å². The van der Waals surface area contributed by atoms with E-state index in [0.717, 1.165) is 31.1 Å². The number of nitrogens with one attached hydrogen (secondary N) is 2. The van der Waals surface area contributed by atoms with Crippen LogP contribution in [0.25, 0.3) is 0 Å². The lowest BCUT2D eigenvalue weighted by Gasteiger charge is -2.28. The normalized spacial score (nSPS) is 19.2. The van der Waals surface area contributed by atoms with E-state index in [4.69, 9.17) is 9.47 Å². The van der Waals surface area contributed by atoms with Gasteiger partial charge in [0.2, 0.25) is 0 Å². The molecule has 16 heavy (non-hydrogen) atoms. The molecule has 1 aromatic carbocycles. The van der Waals surface area contributed by atoms with Gasteiger partial charge < -0.3 is 20.1 Å². The van der Waals surface area contributed by atoms with Crippen LogP contribution in [-0.2, 0) is 6.54 Å². The van der Waals surface area contributed by atoms with E-state index in [9.17, 15) is 0 Å². The first-order valence-corrected chi connectivity index (χ1v) is 5.74.